The van der Waals surface area contributed by atoms with Crippen molar-refractivity contribution in [3.05, 3.63) is 53.6 Å². The first kappa shape index (κ1) is 21.6. The molecule has 160 valence electrons. The van der Waals surface area contributed by atoms with Crippen molar-refractivity contribution in [3.8, 4) is 11.5 Å². The van der Waals surface area contributed by atoms with Gasteiger partial charge in [-0.2, -0.15) is 0 Å². The first-order chi connectivity index (χ1) is 14.5. The highest BCUT2D eigenvalue weighted by atomic mass is 16.5. The van der Waals surface area contributed by atoms with Crippen molar-refractivity contribution in [3.63, 3.8) is 0 Å². The second-order valence-electron chi connectivity index (χ2n) is 7.31. The molecule has 1 aliphatic heterocycles. The average Bonchev–Trinajstić information content (AvgIpc) is 2.77. The summed E-state index contributed by atoms with van der Waals surface area (Å²) in [7, 11) is 0. The number of nitrogens with zero attached hydrogens (tertiary/aromatic N) is 1. The zero-order valence-electron chi connectivity index (χ0n) is 17.5. The van der Waals surface area contributed by atoms with E-state index in [4.69, 9.17) is 4.74 Å². The van der Waals surface area contributed by atoms with E-state index in [0.29, 0.717) is 43.9 Å². The van der Waals surface area contributed by atoms with E-state index in [1.165, 1.54) is 0 Å². The molecule has 0 radical (unpaired) electrons. The standard InChI is InChI=1S/C23H29N3O4/c1-3-21(29)26(16(2)17-7-5-4-6-8-17)14-13-24-12-11-18-9-10-19(27)22-23(18)30-15-20(28)25-22/h4-10,16,24,27H,3,11-15H2,1-2H3,(H,25,28). The number of phenolic OH excluding ortho intramolecular Hbond substituents is 1. The molecule has 2 aromatic carbocycles. The number of fused-ring (bicyclic) bond motifs is 1. The Labute approximate surface area is 177 Å². The van der Waals surface area contributed by atoms with Crippen LogP contribution in [0.25, 0.3) is 0 Å². The molecule has 0 saturated heterocycles. The normalized spacial score (nSPS) is 13.7. The molecule has 7 heteroatoms. The van der Waals surface area contributed by atoms with E-state index in [1.807, 2.05) is 42.2 Å². The van der Waals surface area contributed by atoms with Crippen LogP contribution in [0.1, 0.15) is 37.4 Å². The van der Waals surface area contributed by atoms with E-state index in [2.05, 4.69) is 17.6 Å². The summed E-state index contributed by atoms with van der Waals surface area (Å²) in [4.78, 5) is 25.9. The first-order valence-corrected chi connectivity index (χ1v) is 10.3. The highest BCUT2D eigenvalue weighted by Crippen LogP contribution is 2.39. The summed E-state index contributed by atoms with van der Waals surface area (Å²) in [5, 5.41) is 16.0. The monoisotopic (exact) mass is 411 g/mol. The van der Waals surface area contributed by atoms with Crippen molar-refractivity contribution < 1.29 is 19.4 Å². The van der Waals surface area contributed by atoms with Crippen molar-refractivity contribution in [2.75, 3.05) is 31.6 Å². The number of ether oxygens (including phenoxy) is 1. The van der Waals surface area contributed by atoms with E-state index in [0.717, 1.165) is 11.1 Å². The Hall–Kier alpha value is -3.06. The maximum absolute atomic E-state index is 12.5. The third-order valence-electron chi connectivity index (χ3n) is 5.30. The number of rotatable bonds is 9. The van der Waals surface area contributed by atoms with Crippen molar-refractivity contribution in [1.82, 2.24) is 10.2 Å². The summed E-state index contributed by atoms with van der Waals surface area (Å²) in [6.07, 6.45) is 1.15. The molecule has 1 aliphatic rings. The van der Waals surface area contributed by atoms with Crippen LogP contribution in [0.4, 0.5) is 5.69 Å². The summed E-state index contributed by atoms with van der Waals surface area (Å²) in [6.45, 7) is 5.85. The first-order valence-electron chi connectivity index (χ1n) is 10.3. The lowest BCUT2D eigenvalue weighted by atomic mass is 10.1. The molecule has 1 heterocycles. The Bertz CT molecular complexity index is 886. The zero-order valence-corrected chi connectivity index (χ0v) is 17.5. The number of anilines is 1. The van der Waals surface area contributed by atoms with Crippen LogP contribution in [0.15, 0.2) is 42.5 Å². The molecule has 0 aliphatic carbocycles. The van der Waals surface area contributed by atoms with Crippen LogP contribution in [0.5, 0.6) is 11.5 Å². The molecule has 7 nitrogen and oxygen atoms in total. The average molecular weight is 412 g/mol. The fraction of sp³-hybridized carbons (Fsp3) is 0.391. The van der Waals surface area contributed by atoms with E-state index in [-0.39, 0.29) is 30.2 Å². The molecule has 1 unspecified atom stereocenters. The number of phenols is 1. The quantitative estimate of drug-likeness (QED) is 0.436. The predicted molar refractivity (Wildman–Crippen MR) is 116 cm³/mol. The zero-order chi connectivity index (χ0) is 21.5. The molecule has 0 spiro atoms. The third-order valence-corrected chi connectivity index (χ3v) is 5.30. The minimum atomic E-state index is -0.277. The van der Waals surface area contributed by atoms with Gasteiger partial charge in [0.15, 0.2) is 12.4 Å². The number of benzene rings is 2. The lowest BCUT2D eigenvalue weighted by molar-refractivity contribution is -0.133. The number of carbonyl (C=O) groups is 2. The fourth-order valence-electron chi connectivity index (χ4n) is 3.61. The highest BCUT2D eigenvalue weighted by molar-refractivity contribution is 5.97. The molecule has 2 aromatic rings. The van der Waals surface area contributed by atoms with Gasteiger partial charge in [-0.1, -0.05) is 43.3 Å². The number of hydrogen-bond acceptors (Lipinski definition) is 5. The van der Waals surface area contributed by atoms with Gasteiger partial charge in [-0.25, -0.2) is 0 Å². The summed E-state index contributed by atoms with van der Waals surface area (Å²) in [6, 6.07) is 13.4. The molecule has 0 bridgehead atoms. The van der Waals surface area contributed by atoms with Gasteiger partial charge in [0.05, 0.1) is 6.04 Å². The lowest BCUT2D eigenvalue weighted by Crippen LogP contribution is -2.38. The van der Waals surface area contributed by atoms with E-state index >= 15 is 0 Å². The van der Waals surface area contributed by atoms with Gasteiger partial charge in [0.2, 0.25) is 5.91 Å². The molecule has 1 atom stereocenters. The largest absolute Gasteiger partial charge is 0.506 e. The van der Waals surface area contributed by atoms with Crippen molar-refractivity contribution in [2.24, 2.45) is 0 Å². The molecular weight excluding hydrogens is 382 g/mol. The smallest absolute Gasteiger partial charge is 0.262 e. The van der Waals surface area contributed by atoms with Crippen LogP contribution in [-0.4, -0.2) is 48.1 Å². The van der Waals surface area contributed by atoms with E-state index < -0.39 is 0 Å². The molecule has 3 N–H and O–H groups in total. The minimum absolute atomic E-state index is 0.00150. The van der Waals surface area contributed by atoms with Crippen LogP contribution < -0.4 is 15.4 Å². The molecule has 3 rings (SSSR count). The summed E-state index contributed by atoms with van der Waals surface area (Å²) in [5.74, 6) is 0.376. The second-order valence-corrected chi connectivity index (χ2v) is 7.31. The minimum Gasteiger partial charge on any atom is -0.506 e. The van der Waals surface area contributed by atoms with Gasteiger partial charge in [0.1, 0.15) is 11.4 Å². The summed E-state index contributed by atoms with van der Waals surface area (Å²) >= 11 is 0. The Balaban J connectivity index is 1.54. The van der Waals surface area contributed by atoms with Gasteiger partial charge in [-0.05, 0) is 37.1 Å². The van der Waals surface area contributed by atoms with Crippen LogP contribution in [0, 0.1) is 0 Å². The lowest BCUT2D eigenvalue weighted by Gasteiger charge is -2.29. The van der Waals surface area contributed by atoms with Gasteiger partial charge in [-0.15, -0.1) is 0 Å². The Kier molecular flexibility index (Phi) is 7.30. The van der Waals surface area contributed by atoms with Gasteiger partial charge in [0.25, 0.3) is 5.91 Å². The van der Waals surface area contributed by atoms with E-state index in [9.17, 15) is 14.7 Å². The van der Waals surface area contributed by atoms with Crippen LogP contribution >= 0.6 is 0 Å². The molecule has 0 saturated carbocycles. The van der Waals surface area contributed by atoms with Gasteiger partial charge < -0.3 is 25.4 Å². The number of hydrogen-bond donors (Lipinski definition) is 3. The number of amides is 2. The highest BCUT2D eigenvalue weighted by Gasteiger charge is 2.22. The molecule has 0 aromatic heterocycles. The van der Waals surface area contributed by atoms with Crippen molar-refractivity contribution >= 4 is 17.5 Å². The number of aromatic hydroxyl groups is 1. The van der Waals surface area contributed by atoms with Gasteiger partial charge in [0, 0.05) is 19.5 Å². The molecule has 30 heavy (non-hydrogen) atoms. The SMILES string of the molecule is CCC(=O)N(CCNCCc1ccc(O)c2c1OCC(=O)N2)C(C)c1ccccc1. The van der Waals surface area contributed by atoms with Crippen LogP contribution in [-0.2, 0) is 16.0 Å². The van der Waals surface area contributed by atoms with Crippen molar-refractivity contribution in [2.45, 2.75) is 32.7 Å². The number of nitrogens with one attached hydrogen (secondary N) is 2. The molecular formula is C23H29N3O4. The predicted octanol–water partition coefficient (Wildman–Crippen LogP) is 2.86. The second kappa shape index (κ2) is 10.1. The van der Waals surface area contributed by atoms with Crippen LogP contribution in [0.2, 0.25) is 0 Å². The molecule has 0 fully saturated rings. The Morgan fingerprint density at radius 3 is 2.73 bits per heavy atom. The van der Waals surface area contributed by atoms with Crippen LogP contribution in [0.3, 0.4) is 0 Å². The summed E-state index contributed by atoms with van der Waals surface area (Å²) < 4.78 is 5.52. The topological polar surface area (TPSA) is 90.9 Å². The van der Waals surface area contributed by atoms with Crippen molar-refractivity contribution in [1.29, 1.82) is 0 Å². The fourth-order valence-corrected chi connectivity index (χ4v) is 3.61. The Morgan fingerprint density at radius 1 is 1.23 bits per heavy atom. The van der Waals surface area contributed by atoms with Gasteiger partial charge in [-0.3, -0.25) is 9.59 Å². The van der Waals surface area contributed by atoms with E-state index in [1.54, 1.807) is 12.1 Å². The summed E-state index contributed by atoms with van der Waals surface area (Å²) in [5.41, 5.74) is 2.36. The maximum atomic E-state index is 12.5. The Morgan fingerprint density at radius 2 is 2.00 bits per heavy atom. The maximum Gasteiger partial charge on any atom is 0.262 e. The van der Waals surface area contributed by atoms with Gasteiger partial charge >= 0.3 is 0 Å². The molecule has 2 amide bonds. The number of carbonyl (C=O) groups excluding carboxylic acids is 2. The third kappa shape index (κ3) is 5.10.